The highest BCUT2D eigenvalue weighted by atomic mass is 16.1. The summed E-state index contributed by atoms with van der Waals surface area (Å²) in [5.74, 6) is 0.310. The number of carbonyl (C=O) groups is 1. The van der Waals surface area contributed by atoms with Crippen LogP contribution < -0.4 is 5.32 Å². The normalized spacial score (nSPS) is 17.4. The Hall–Kier alpha value is -1.82. The van der Waals surface area contributed by atoms with E-state index in [0.29, 0.717) is 5.92 Å². The first-order valence-corrected chi connectivity index (χ1v) is 7.02. The maximum Gasteiger partial charge on any atom is 0.228 e. The quantitative estimate of drug-likeness (QED) is 0.842. The van der Waals surface area contributed by atoms with Crippen LogP contribution in [0.5, 0.6) is 0 Å². The largest absolute Gasteiger partial charge is 0.342 e. The summed E-state index contributed by atoms with van der Waals surface area (Å²) in [5.41, 5.74) is 1.07. The lowest BCUT2D eigenvalue weighted by Gasteiger charge is -2.29. The maximum atomic E-state index is 12.3. The van der Waals surface area contributed by atoms with E-state index in [1.54, 1.807) is 0 Å². The highest BCUT2D eigenvalue weighted by Crippen LogP contribution is 2.36. The van der Waals surface area contributed by atoms with Crippen LogP contribution in [0.2, 0.25) is 0 Å². The SMILES string of the molecule is N#CCNC(=O)[C@@H](c1ccccc1)C1CCCCC1. The van der Waals surface area contributed by atoms with Crippen molar-refractivity contribution in [1.29, 1.82) is 5.26 Å². The van der Waals surface area contributed by atoms with Crippen molar-refractivity contribution in [3.63, 3.8) is 0 Å². The Morgan fingerprint density at radius 2 is 1.95 bits per heavy atom. The number of nitriles is 1. The molecule has 0 aliphatic heterocycles. The fourth-order valence-electron chi connectivity index (χ4n) is 3.00. The van der Waals surface area contributed by atoms with Gasteiger partial charge in [0.1, 0.15) is 6.54 Å². The molecule has 3 heteroatoms. The fourth-order valence-corrected chi connectivity index (χ4v) is 3.00. The molecule has 0 aromatic heterocycles. The molecule has 1 saturated carbocycles. The molecule has 0 unspecified atom stereocenters. The van der Waals surface area contributed by atoms with E-state index >= 15 is 0 Å². The minimum absolute atomic E-state index is 0.000324. The fraction of sp³-hybridized carbons (Fsp3) is 0.500. The first-order valence-electron chi connectivity index (χ1n) is 7.02. The van der Waals surface area contributed by atoms with Gasteiger partial charge in [-0.15, -0.1) is 0 Å². The van der Waals surface area contributed by atoms with Gasteiger partial charge in [-0.3, -0.25) is 4.79 Å². The Morgan fingerprint density at radius 3 is 2.58 bits per heavy atom. The molecule has 1 amide bonds. The minimum Gasteiger partial charge on any atom is -0.342 e. The van der Waals surface area contributed by atoms with Crippen molar-refractivity contribution in [2.45, 2.75) is 38.0 Å². The Morgan fingerprint density at radius 1 is 1.26 bits per heavy atom. The van der Waals surface area contributed by atoms with E-state index in [0.717, 1.165) is 18.4 Å². The molecule has 1 aromatic rings. The molecule has 0 saturated heterocycles. The zero-order valence-electron chi connectivity index (χ0n) is 11.1. The number of benzene rings is 1. The lowest BCUT2D eigenvalue weighted by Crippen LogP contribution is -2.34. The Labute approximate surface area is 114 Å². The van der Waals surface area contributed by atoms with Crippen LogP contribution in [0, 0.1) is 17.2 Å². The van der Waals surface area contributed by atoms with E-state index in [1.165, 1.54) is 19.3 Å². The number of nitrogens with zero attached hydrogens (tertiary/aromatic N) is 1. The molecule has 100 valence electrons. The second kappa shape index (κ2) is 6.94. The number of hydrogen-bond donors (Lipinski definition) is 1. The zero-order chi connectivity index (χ0) is 13.5. The zero-order valence-corrected chi connectivity index (χ0v) is 11.1. The van der Waals surface area contributed by atoms with Crippen molar-refractivity contribution in [2.75, 3.05) is 6.54 Å². The topological polar surface area (TPSA) is 52.9 Å². The predicted octanol–water partition coefficient (Wildman–Crippen LogP) is 2.99. The van der Waals surface area contributed by atoms with Crippen LogP contribution >= 0.6 is 0 Å². The molecule has 19 heavy (non-hydrogen) atoms. The van der Waals surface area contributed by atoms with Gasteiger partial charge in [-0.1, -0.05) is 49.6 Å². The van der Waals surface area contributed by atoms with Crippen LogP contribution in [0.1, 0.15) is 43.6 Å². The lowest BCUT2D eigenvalue weighted by molar-refractivity contribution is -0.123. The Bertz CT molecular complexity index is 444. The maximum absolute atomic E-state index is 12.3. The van der Waals surface area contributed by atoms with Crippen LogP contribution in [-0.2, 0) is 4.79 Å². The molecule has 3 nitrogen and oxygen atoms in total. The van der Waals surface area contributed by atoms with Crippen LogP contribution in [0.25, 0.3) is 0 Å². The van der Waals surface area contributed by atoms with Crippen molar-refractivity contribution in [1.82, 2.24) is 5.32 Å². The van der Waals surface area contributed by atoms with Gasteiger partial charge in [0.2, 0.25) is 5.91 Å². The summed E-state index contributed by atoms with van der Waals surface area (Å²) in [6.45, 7) is 0.0921. The average molecular weight is 256 g/mol. The van der Waals surface area contributed by atoms with E-state index in [2.05, 4.69) is 5.32 Å². The average Bonchev–Trinajstić information content (AvgIpc) is 2.47. The number of rotatable bonds is 4. The first kappa shape index (κ1) is 13.6. The minimum atomic E-state index is -0.102. The van der Waals surface area contributed by atoms with Crippen molar-refractivity contribution < 1.29 is 4.79 Å². The van der Waals surface area contributed by atoms with Gasteiger partial charge in [-0.05, 0) is 24.3 Å². The molecule has 2 rings (SSSR count). The number of amides is 1. The summed E-state index contributed by atoms with van der Waals surface area (Å²) in [4.78, 5) is 12.3. The van der Waals surface area contributed by atoms with Gasteiger partial charge < -0.3 is 5.32 Å². The smallest absolute Gasteiger partial charge is 0.228 e. The molecule has 1 aliphatic rings. The third-order valence-corrected chi connectivity index (χ3v) is 3.90. The van der Waals surface area contributed by atoms with Crippen LogP contribution in [-0.4, -0.2) is 12.5 Å². The van der Waals surface area contributed by atoms with E-state index in [-0.39, 0.29) is 18.4 Å². The summed E-state index contributed by atoms with van der Waals surface area (Å²) >= 11 is 0. The molecule has 1 atom stereocenters. The highest BCUT2D eigenvalue weighted by Gasteiger charge is 2.30. The first-order chi connectivity index (χ1) is 9.33. The summed E-state index contributed by atoms with van der Waals surface area (Å²) in [5, 5.41) is 11.3. The van der Waals surface area contributed by atoms with Gasteiger partial charge in [0, 0.05) is 0 Å². The van der Waals surface area contributed by atoms with Gasteiger partial charge in [-0.2, -0.15) is 5.26 Å². The molecule has 0 radical (unpaired) electrons. The predicted molar refractivity (Wildman–Crippen MR) is 74.4 cm³/mol. The van der Waals surface area contributed by atoms with Crippen LogP contribution in [0.3, 0.4) is 0 Å². The highest BCUT2D eigenvalue weighted by molar-refractivity contribution is 5.84. The van der Waals surface area contributed by atoms with E-state index in [9.17, 15) is 4.79 Å². The van der Waals surface area contributed by atoms with Gasteiger partial charge in [0.15, 0.2) is 0 Å². The number of carbonyl (C=O) groups excluding carboxylic acids is 1. The number of hydrogen-bond acceptors (Lipinski definition) is 2. The van der Waals surface area contributed by atoms with Crippen molar-refractivity contribution in [3.8, 4) is 6.07 Å². The monoisotopic (exact) mass is 256 g/mol. The molecule has 1 aromatic carbocycles. The lowest BCUT2D eigenvalue weighted by atomic mass is 9.76. The standard InChI is InChI=1S/C16H20N2O/c17-11-12-18-16(19)15(13-7-3-1-4-8-13)14-9-5-2-6-10-14/h1,3-4,7-8,14-15H,2,5-6,9-10,12H2,(H,18,19)/t15-/m0/s1. The summed E-state index contributed by atoms with van der Waals surface area (Å²) < 4.78 is 0. The summed E-state index contributed by atoms with van der Waals surface area (Å²) in [7, 11) is 0. The third kappa shape index (κ3) is 3.57. The van der Waals surface area contributed by atoms with Crippen molar-refractivity contribution >= 4 is 5.91 Å². The van der Waals surface area contributed by atoms with Gasteiger partial charge in [0.05, 0.1) is 12.0 Å². The second-order valence-corrected chi connectivity index (χ2v) is 5.16. The van der Waals surface area contributed by atoms with E-state index in [1.807, 2.05) is 36.4 Å². The summed E-state index contributed by atoms with van der Waals surface area (Å²) in [6, 6.07) is 11.9. The van der Waals surface area contributed by atoms with E-state index in [4.69, 9.17) is 5.26 Å². The molecule has 1 aliphatic carbocycles. The molecular formula is C16H20N2O. The van der Waals surface area contributed by atoms with Crippen LogP contribution in [0.15, 0.2) is 30.3 Å². The molecular weight excluding hydrogens is 236 g/mol. The molecule has 0 spiro atoms. The van der Waals surface area contributed by atoms with Gasteiger partial charge in [0.25, 0.3) is 0 Å². The molecule has 0 bridgehead atoms. The molecule has 1 N–H and O–H groups in total. The van der Waals surface area contributed by atoms with Gasteiger partial charge in [-0.25, -0.2) is 0 Å². The van der Waals surface area contributed by atoms with E-state index < -0.39 is 0 Å². The van der Waals surface area contributed by atoms with Gasteiger partial charge >= 0.3 is 0 Å². The number of nitrogens with one attached hydrogen (secondary N) is 1. The molecule has 0 heterocycles. The van der Waals surface area contributed by atoms with Crippen LogP contribution in [0.4, 0.5) is 0 Å². The molecule has 1 fully saturated rings. The van der Waals surface area contributed by atoms with Crippen molar-refractivity contribution in [2.24, 2.45) is 5.92 Å². The van der Waals surface area contributed by atoms with Crippen molar-refractivity contribution in [3.05, 3.63) is 35.9 Å². The second-order valence-electron chi connectivity index (χ2n) is 5.16. The Balaban J connectivity index is 2.17. The Kier molecular flexibility index (Phi) is 4.97. The summed E-state index contributed by atoms with van der Waals surface area (Å²) in [6.07, 6.45) is 5.91. The third-order valence-electron chi connectivity index (χ3n) is 3.90.